The van der Waals surface area contributed by atoms with E-state index in [-0.39, 0.29) is 127 Å². The molecule has 0 aromatic carbocycles. The number of likely N-dealkylation sites (tertiary alicyclic amines) is 1. The van der Waals surface area contributed by atoms with Crippen LogP contribution >= 0.6 is 22.7 Å². The molecule has 1 saturated heterocycles. The highest BCUT2D eigenvalue weighted by molar-refractivity contribution is 7.10. The highest BCUT2D eigenvalue weighted by atomic mass is 32.1. The molecule has 0 N–H and O–H groups in total. The summed E-state index contributed by atoms with van der Waals surface area (Å²) in [5.74, 6) is -2.89. The fourth-order valence-corrected chi connectivity index (χ4v) is 10.8. The van der Waals surface area contributed by atoms with Crippen LogP contribution in [0.15, 0.2) is 15.9 Å². The number of carbonyl (C=O) groups excluding carboxylic acids is 7. The van der Waals surface area contributed by atoms with Gasteiger partial charge in [-0.25, -0.2) is 19.6 Å². The van der Waals surface area contributed by atoms with Gasteiger partial charge in [-0.2, -0.15) is 0 Å². The quantitative estimate of drug-likeness (QED) is 0.0177. The summed E-state index contributed by atoms with van der Waals surface area (Å²) >= 11 is 2.74. The van der Waals surface area contributed by atoms with Crippen LogP contribution in [-0.2, 0) is 42.9 Å². The normalized spacial score (nSPS) is 16.8. The summed E-state index contributed by atoms with van der Waals surface area (Å²) in [6, 6.07) is -1.64. The lowest BCUT2D eigenvalue weighted by Gasteiger charge is -2.39. The van der Waals surface area contributed by atoms with E-state index < -0.39 is 23.9 Å². The number of nitrogens with zero attached hydrogens (tertiary/aromatic N) is 8. The molecule has 2 amide bonds. The summed E-state index contributed by atoms with van der Waals surface area (Å²) in [5.41, 5.74) is 9.58. The van der Waals surface area contributed by atoms with Crippen molar-refractivity contribution in [1.29, 1.82) is 0 Å². The van der Waals surface area contributed by atoms with Crippen LogP contribution in [0.4, 0.5) is 0 Å². The summed E-state index contributed by atoms with van der Waals surface area (Å²) in [6.45, 7) is 24.2. The molecule has 0 bridgehead atoms. The zero-order valence-electron chi connectivity index (χ0n) is 47.5. The third-order valence-electron chi connectivity index (χ3n) is 14.2. The highest BCUT2D eigenvalue weighted by Crippen LogP contribution is 2.34. The molecule has 2 aromatic rings. The molecule has 1 aliphatic rings. The first kappa shape index (κ1) is 66.1. The van der Waals surface area contributed by atoms with Gasteiger partial charge in [0.15, 0.2) is 30.6 Å². The molecular formula is C54H88N8O11S2. The van der Waals surface area contributed by atoms with Gasteiger partial charge in [-0.3, -0.25) is 28.9 Å². The Morgan fingerprint density at radius 3 is 1.56 bits per heavy atom. The number of ether oxygens (including phenoxy) is 4. The first-order valence-electron chi connectivity index (χ1n) is 26.8. The highest BCUT2D eigenvalue weighted by Gasteiger charge is 2.39. The maximum Gasteiger partial charge on any atom is 0.357 e. The predicted molar refractivity (Wildman–Crippen MR) is 291 cm³/mol. The molecule has 422 valence electrons. The van der Waals surface area contributed by atoms with Crippen LogP contribution in [0, 0.1) is 29.6 Å². The molecule has 1 unspecified atom stereocenters. The topological polar surface area (TPSA) is 241 Å². The molecule has 3 heterocycles. The van der Waals surface area contributed by atoms with Crippen molar-refractivity contribution in [3.8, 4) is 0 Å². The molecule has 2 aromatic heterocycles. The van der Waals surface area contributed by atoms with Crippen molar-refractivity contribution >= 4 is 64.1 Å². The van der Waals surface area contributed by atoms with E-state index in [4.69, 9.17) is 24.5 Å². The lowest BCUT2D eigenvalue weighted by atomic mass is 9.82. The zero-order valence-corrected chi connectivity index (χ0v) is 49.1. The lowest BCUT2D eigenvalue weighted by molar-refractivity contribution is -0.161. The minimum Gasteiger partial charge on any atom is -0.464 e. The van der Waals surface area contributed by atoms with Crippen molar-refractivity contribution in [2.75, 3.05) is 41.3 Å². The predicted octanol–water partition coefficient (Wildman–Crippen LogP) is 11.0. The molecule has 1 aliphatic heterocycles. The Balaban J connectivity index is 0.000000523. The van der Waals surface area contributed by atoms with Gasteiger partial charge in [0, 0.05) is 64.8 Å². The molecule has 21 heteroatoms. The first-order chi connectivity index (χ1) is 35.5. The number of thiazole rings is 2. The molecule has 19 nitrogen and oxygen atoms in total. The zero-order chi connectivity index (χ0) is 56.5. The molecule has 0 aliphatic carbocycles. The molecule has 9 atom stereocenters. The van der Waals surface area contributed by atoms with Crippen LogP contribution in [0.5, 0.6) is 0 Å². The van der Waals surface area contributed by atoms with Gasteiger partial charge in [-0.15, -0.1) is 22.7 Å². The largest absolute Gasteiger partial charge is 0.464 e. The second-order valence-corrected chi connectivity index (χ2v) is 22.4. The monoisotopic (exact) mass is 1090 g/mol. The number of carbonyl (C=O) groups is 7. The van der Waals surface area contributed by atoms with Gasteiger partial charge < -0.3 is 28.7 Å². The lowest BCUT2D eigenvalue weighted by Crippen LogP contribution is -2.50. The average Bonchev–Trinajstić information content (AvgIpc) is 4.10. The molecule has 3 rings (SSSR count). The molecule has 0 spiro atoms. The second kappa shape index (κ2) is 33.9. The standard InChI is InChI=1S/C31H51N3O6S.C23H37N5O5S/c1-9-13-28(36)40-19-34(26(20(3)4)16-22(6)29-32-24(18-41-29)31(38)39-8)30(37)23(21(5)10-2)17-27(35)25-14-11-12-15-33(25)7;1-8-10-19(29)33-13-28(22(30)20(26-27-24)15(5)9-2)18(14(3)4)11-16(6)21-25-17(12-34-21)23(31)32-7/h18,20-23,25-26H,9-17,19H2,1-8H3;12,14-16,18,20H,8-11,13H2,1-7H3/t21-,22+,23-,25?,26+;15-,16+,18+,20-/m00/s1. The SMILES string of the molecule is CCCC(=O)OCN(C(=O)[C@@H](CC(=O)C1CCCCN1C)[C@@H](C)CC)[C@H](C[C@@H](C)c1nc(C(=O)OC)cs1)C(C)C.CCCC(=O)OCN(C(=O)[C@@H](N=[N+]=[N-])[C@@H](C)CC)[C@H](C[C@@H](C)c1nc(C(=O)OC)cs1)C(C)C. The minimum atomic E-state index is -0.901. The number of azide groups is 1. The number of aromatic nitrogens is 2. The summed E-state index contributed by atoms with van der Waals surface area (Å²) < 4.78 is 20.6. The number of likely N-dealkylation sites (N-methyl/N-ethyl adjacent to an activating group) is 1. The third kappa shape index (κ3) is 20.5. The van der Waals surface area contributed by atoms with Crippen LogP contribution < -0.4 is 0 Å². The Labute approximate surface area is 454 Å². The fraction of sp³-hybridized carbons (Fsp3) is 0.759. The Morgan fingerprint density at radius 1 is 0.720 bits per heavy atom. The third-order valence-corrected chi connectivity index (χ3v) is 16.4. The van der Waals surface area contributed by atoms with E-state index in [1.54, 1.807) is 15.7 Å². The van der Waals surface area contributed by atoms with Crippen molar-refractivity contribution in [2.24, 2.45) is 34.7 Å². The van der Waals surface area contributed by atoms with Crippen molar-refractivity contribution < 1.29 is 52.5 Å². The fourth-order valence-electron chi connectivity index (χ4n) is 9.07. The van der Waals surface area contributed by atoms with Gasteiger partial charge >= 0.3 is 23.9 Å². The number of hydrogen-bond acceptors (Lipinski definition) is 17. The number of Topliss-reactive ketones (excluding diaryl/α,β-unsaturated/α-hetero) is 1. The number of methoxy groups -OCH3 is 2. The van der Waals surface area contributed by atoms with E-state index in [9.17, 15) is 33.6 Å². The first-order valence-corrected chi connectivity index (χ1v) is 28.6. The molecule has 75 heavy (non-hydrogen) atoms. The summed E-state index contributed by atoms with van der Waals surface area (Å²) in [7, 11) is 4.62. The van der Waals surface area contributed by atoms with E-state index in [1.165, 1.54) is 41.8 Å². The Kier molecular flexibility index (Phi) is 29.9. The van der Waals surface area contributed by atoms with Gasteiger partial charge in [0.25, 0.3) is 0 Å². The van der Waals surface area contributed by atoms with Gasteiger partial charge in [-0.05, 0) is 81.3 Å². The van der Waals surface area contributed by atoms with Gasteiger partial charge in [-0.1, -0.05) is 107 Å². The van der Waals surface area contributed by atoms with Gasteiger partial charge in [0.1, 0.15) is 6.04 Å². The van der Waals surface area contributed by atoms with Gasteiger partial charge in [0.05, 0.1) is 30.3 Å². The van der Waals surface area contributed by atoms with Crippen LogP contribution in [0.25, 0.3) is 10.4 Å². The molecule has 0 radical (unpaired) electrons. The molecular weight excluding hydrogens is 1000 g/mol. The number of hydrogen-bond donors (Lipinski definition) is 0. The average molecular weight is 1090 g/mol. The number of rotatable bonds is 30. The molecule has 1 fully saturated rings. The number of piperidine rings is 1. The van der Waals surface area contributed by atoms with Crippen LogP contribution in [0.3, 0.4) is 0 Å². The van der Waals surface area contributed by atoms with E-state index in [2.05, 4.69) is 24.9 Å². The van der Waals surface area contributed by atoms with Crippen LogP contribution in [-0.4, -0.2) is 132 Å². The van der Waals surface area contributed by atoms with Crippen molar-refractivity contribution in [2.45, 2.75) is 196 Å². The maximum absolute atomic E-state index is 14.4. The van der Waals surface area contributed by atoms with Crippen LogP contribution in [0.1, 0.15) is 203 Å². The van der Waals surface area contributed by atoms with E-state index in [0.717, 1.165) is 42.2 Å². The van der Waals surface area contributed by atoms with E-state index in [1.807, 2.05) is 90.1 Å². The summed E-state index contributed by atoms with van der Waals surface area (Å²) in [6.07, 6.45) is 7.42. The summed E-state index contributed by atoms with van der Waals surface area (Å²) in [5, 5.41) is 8.64. The van der Waals surface area contributed by atoms with Gasteiger partial charge in [0.2, 0.25) is 11.8 Å². The second-order valence-electron chi connectivity index (χ2n) is 20.6. The number of esters is 4. The Hall–Kier alpha value is -4.98. The van der Waals surface area contributed by atoms with Crippen molar-refractivity contribution in [3.63, 3.8) is 0 Å². The van der Waals surface area contributed by atoms with Crippen molar-refractivity contribution in [1.82, 2.24) is 24.7 Å². The Morgan fingerprint density at radius 2 is 1.17 bits per heavy atom. The summed E-state index contributed by atoms with van der Waals surface area (Å²) in [4.78, 5) is 107. The smallest absolute Gasteiger partial charge is 0.357 e. The van der Waals surface area contributed by atoms with E-state index in [0.29, 0.717) is 32.1 Å². The molecule has 0 saturated carbocycles. The number of ketones is 1. The maximum atomic E-state index is 14.4. The van der Waals surface area contributed by atoms with Crippen molar-refractivity contribution in [3.05, 3.63) is 42.6 Å². The van der Waals surface area contributed by atoms with Crippen LogP contribution in [0.2, 0.25) is 0 Å². The Bertz CT molecular complexity index is 2180. The van der Waals surface area contributed by atoms with E-state index >= 15 is 0 Å². The number of amides is 2. The minimum absolute atomic E-state index is 0.0130.